The summed E-state index contributed by atoms with van der Waals surface area (Å²) < 4.78 is 11.4. The van der Waals surface area contributed by atoms with Gasteiger partial charge in [-0.2, -0.15) is 0 Å². The summed E-state index contributed by atoms with van der Waals surface area (Å²) >= 11 is 0. The van der Waals surface area contributed by atoms with E-state index in [2.05, 4.69) is 20.2 Å². The maximum absolute atomic E-state index is 10.5. The number of β-amino-alcohol motifs (C(OH)–C–C–N with tert-alkyl or cyclic N) is 1. The largest absolute Gasteiger partial charge is 0.493 e. The van der Waals surface area contributed by atoms with Gasteiger partial charge in [0.2, 0.25) is 0 Å². The number of benzene rings is 1. The molecule has 1 aliphatic heterocycles. The summed E-state index contributed by atoms with van der Waals surface area (Å²) in [4.78, 5) is 11.0. The Balaban J connectivity index is 1.45. The standard InChI is InChI=1S/C24H36N4O3/c1-19-13-27-21(16-26-19)15-25-14-20-8-9-23(24(12-20)30-2)31-18-22(29)17-28-10-6-4-3-5-7-11-28/h8-9,12-13,16,22,25,29H,3-7,10-11,14-15,17-18H2,1-2H3. The van der Waals surface area contributed by atoms with Crippen LogP contribution in [0.15, 0.2) is 30.6 Å². The van der Waals surface area contributed by atoms with E-state index in [1.54, 1.807) is 19.5 Å². The molecule has 0 aliphatic carbocycles. The second kappa shape index (κ2) is 12.6. The van der Waals surface area contributed by atoms with Gasteiger partial charge in [-0.05, 0) is 50.6 Å². The van der Waals surface area contributed by atoms with Gasteiger partial charge in [0.05, 0.1) is 18.5 Å². The lowest BCUT2D eigenvalue weighted by Crippen LogP contribution is -2.37. The Morgan fingerprint density at radius 2 is 1.81 bits per heavy atom. The van der Waals surface area contributed by atoms with E-state index in [-0.39, 0.29) is 6.61 Å². The molecule has 170 valence electrons. The normalized spacial score (nSPS) is 16.4. The van der Waals surface area contributed by atoms with Crippen LogP contribution in [0, 0.1) is 6.92 Å². The van der Waals surface area contributed by atoms with Crippen LogP contribution in [0.25, 0.3) is 0 Å². The van der Waals surface area contributed by atoms with Crippen LogP contribution in [0.4, 0.5) is 0 Å². The number of rotatable bonds is 10. The number of aromatic nitrogens is 2. The molecule has 0 amide bonds. The van der Waals surface area contributed by atoms with Gasteiger partial charge in [0.1, 0.15) is 12.7 Å². The molecule has 1 unspecified atom stereocenters. The van der Waals surface area contributed by atoms with Crippen molar-refractivity contribution in [3.8, 4) is 11.5 Å². The molecule has 0 radical (unpaired) electrons. The summed E-state index contributed by atoms with van der Waals surface area (Å²) in [6, 6.07) is 5.88. The SMILES string of the molecule is COc1cc(CNCc2cnc(C)cn2)ccc1OCC(O)CN1CCCCCCC1. The van der Waals surface area contributed by atoms with Crippen LogP contribution in [-0.2, 0) is 13.1 Å². The Hall–Kier alpha value is -2.22. The van der Waals surface area contributed by atoms with Crippen molar-refractivity contribution in [1.29, 1.82) is 0 Å². The fourth-order valence-corrected chi connectivity index (χ4v) is 3.82. The third kappa shape index (κ3) is 8.09. The third-order valence-corrected chi connectivity index (χ3v) is 5.55. The first kappa shape index (κ1) is 23.4. The van der Waals surface area contributed by atoms with Crippen LogP contribution in [0.1, 0.15) is 49.1 Å². The van der Waals surface area contributed by atoms with E-state index >= 15 is 0 Å². The quantitative estimate of drug-likeness (QED) is 0.602. The zero-order valence-electron chi connectivity index (χ0n) is 18.8. The fourth-order valence-electron chi connectivity index (χ4n) is 3.82. The summed E-state index contributed by atoms with van der Waals surface area (Å²) in [6.45, 7) is 6.31. The molecule has 1 aromatic heterocycles. The number of hydrogen-bond acceptors (Lipinski definition) is 7. The van der Waals surface area contributed by atoms with Gasteiger partial charge in [-0.3, -0.25) is 9.97 Å². The molecular weight excluding hydrogens is 392 g/mol. The molecule has 0 saturated carbocycles. The lowest BCUT2D eigenvalue weighted by atomic mass is 10.1. The van der Waals surface area contributed by atoms with Crippen molar-refractivity contribution in [2.75, 3.05) is 33.4 Å². The number of hydrogen-bond donors (Lipinski definition) is 2. The highest BCUT2D eigenvalue weighted by atomic mass is 16.5. The van der Waals surface area contributed by atoms with Crippen LogP contribution < -0.4 is 14.8 Å². The maximum atomic E-state index is 10.5. The molecule has 1 aromatic carbocycles. The highest BCUT2D eigenvalue weighted by Gasteiger charge is 2.15. The molecule has 0 bridgehead atoms. The lowest BCUT2D eigenvalue weighted by Gasteiger charge is -2.26. The molecule has 1 aliphatic rings. The van der Waals surface area contributed by atoms with Crippen LogP contribution in [0.3, 0.4) is 0 Å². The van der Waals surface area contributed by atoms with E-state index in [0.29, 0.717) is 31.1 Å². The van der Waals surface area contributed by atoms with Gasteiger partial charge in [0, 0.05) is 32.0 Å². The van der Waals surface area contributed by atoms with E-state index in [0.717, 1.165) is 30.0 Å². The van der Waals surface area contributed by atoms with E-state index in [1.165, 1.54) is 32.1 Å². The summed E-state index contributed by atoms with van der Waals surface area (Å²) in [5, 5.41) is 13.8. The average Bonchev–Trinajstić information content (AvgIpc) is 2.76. The number of ether oxygens (including phenoxy) is 2. The van der Waals surface area contributed by atoms with Crippen molar-refractivity contribution >= 4 is 0 Å². The maximum Gasteiger partial charge on any atom is 0.161 e. The number of nitrogens with zero attached hydrogens (tertiary/aromatic N) is 3. The monoisotopic (exact) mass is 428 g/mol. The van der Waals surface area contributed by atoms with Gasteiger partial charge in [-0.15, -0.1) is 0 Å². The number of aliphatic hydroxyl groups is 1. The summed E-state index contributed by atoms with van der Waals surface area (Å²) in [5.41, 5.74) is 2.91. The summed E-state index contributed by atoms with van der Waals surface area (Å²) in [5.74, 6) is 1.33. The molecule has 7 heteroatoms. The van der Waals surface area contributed by atoms with Crippen LogP contribution in [-0.4, -0.2) is 59.4 Å². The van der Waals surface area contributed by atoms with Crippen molar-refractivity contribution in [3.05, 3.63) is 47.5 Å². The Kier molecular flexibility index (Phi) is 9.52. The second-order valence-corrected chi connectivity index (χ2v) is 8.27. The highest BCUT2D eigenvalue weighted by Crippen LogP contribution is 2.28. The van der Waals surface area contributed by atoms with Crippen molar-refractivity contribution in [1.82, 2.24) is 20.2 Å². The molecule has 2 heterocycles. The van der Waals surface area contributed by atoms with E-state index < -0.39 is 6.10 Å². The number of methoxy groups -OCH3 is 1. The third-order valence-electron chi connectivity index (χ3n) is 5.55. The predicted molar refractivity (Wildman–Crippen MR) is 121 cm³/mol. The number of likely N-dealkylation sites (tertiary alicyclic amines) is 1. The molecular formula is C24H36N4O3. The molecule has 2 aromatic rings. The first-order chi connectivity index (χ1) is 15.1. The minimum Gasteiger partial charge on any atom is -0.493 e. The second-order valence-electron chi connectivity index (χ2n) is 8.27. The molecule has 31 heavy (non-hydrogen) atoms. The Bertz CT molecular complexity index is 777. The van der Waals surface area contributed by atoms with Crippen molar-refractivity contribution in [2.45, 2.75) is 58.2 Å². The molecule has 1 fully saturated rings. The minimum absolute atomic E-state index is 0.260. The van der Waals surface area contributed by atoms with Crippen molar-refractivity contribution in [2.24, 2.45) is 0 Å². The van der Waals surface area contributed by atoms with E-state index in [4.69, 9.17) is 9.47 Å². The molecule has 7 nitrogen and oxygen atoms in total. The van der Waals surface area contributed by atoms with Gasteiger partial charge in [0.25, 0.3) is 0 Å². The Morgan fingerprint density at radius 1 is 1.03 bits per heavy atom. The van der Waals surface area contributed by atoms with Crippen LogP contribution in [0.5, 0.6) is 11.5 Å². The molecule has 0 spiro atoms. The fraction of sp³-hybridized carbons (Fsp3) is 0.583. The zero-order chi connectivity index (χ0) is 21.9. The summed E-state index contributed by atoms with van der Waals surface area (Å²) in [7, 11) is 1.64. The Labute approximate surface area is 185 Å². The Morgan fingerprint density at radius 3 is 2.52 bits per heavy atom. The number of nitrogens with one attached hydrogen (secondary N) is 1. The van der Waals surface area contributed by atoms with Crippen molar-refractivity contribution < 1.29 is 14.6 Å². The lowest BCUT2D eigenvalue weighted by molar-refractivity contribution is 0.0645. The zero-order valence-corrected chi connectivity index (χ0v) is 18.8. The van der Waals surface area contributed by atoms with Crippen molar-refractivity contribution in [3.63, 3.8) is 0 Å². The van der Waals surface area contributed by atoms with Crippen LogP contribution >= 0.6 is 0 Å². The van der Waals surface area contributed by atoms with Gasteiger partial charge >= 0.3 is 0 Å². The topological polar surface area (TPSA) is 79.7 Å². The van der Waals surface area contributed by atoms with Gasteiger partial charge in [-0.1, -0.05) is 25.3 Å². The first-order valence-corrected chi connectivity index (χ1v) is 11.3. The van der Waals surface area contributed by atoms with E-state index in [9.17, 15) is 5.11 Å². The average molecular weight is 429 g/mol. The number of aliphatic hydroxyl groups excluding tert-OH is 1. The predicted octanol–water partition coefficient (Wildman–Crippen LogP) is 3.09. The van der Waals surface area contributed by atoms with Gasteiger partial charge < -0.3 is 24.8 Å². The first-order valence-electron chi connectivity index (χ1n) is 11.3. The smallest absolute Gasteiger partial charge is 0.161 e. The minimum atomic E-state index is -0.513. The van der Waals surface area contributed by atoms with Gasteiger partial charge in [0.15, 0.2) is 11.5 Å². The molecule has 1 saturated heterocycles. The molecule has 3 rings (SSSR count). The molecule has 2 N–H and O–H groups in total. The van der Waals surface area contributed by atoms with Gasteiger partial charge in [-0.25, -0.2) is 0 Å². The summed E-state index contributed by atoms with van der Waals surface area (Å²) in [6.07, 6.45) is 9.40. The number of aryl methyl sites for hydroxylation is 1. The van der Waals surface area contributed by atoms with Crippen LogP contribution in [0.2, 0.25) is 0 Å². The molecule has 1 atom stereocenters. The van der Waals surface area contributed by atoms with E-state index in [1.807, 2.05) is 25.1 Å². The highest BCUT2D eigenvalue weighted by molar-refractivity contribution is 5.43.